The van der Waals surface area contributed by atoms with Crippen molar-refractivity contribution in [2.75, 3.05) is 7.11 Å². The summed E-state index contributed by atoms with van der Waals surface area (Å²) in [6.45, 7) is 0. The van der Waals surface area contributed by atoms with Crippen LogP contribution in [0.2, 0.25) is 0 Å². The molecular formula is C9H11N2O3+. The average Bonchev–Trinajstić information content (AvgIpc) is 2.64. The third-order valence-electron chi connectivity index (χ3n) is 2.53. The van der Waals surface area contributed by atoms with Gasteiger partial charge < -0.3 is 0 Å². The van der Waals surface area contributed by atoms with Gasteiger partial charge in [-0.3, -0.25) is 15.0 Å². The van der Waals surface area contributed by atoms with E-state index in [1.165, 1.54) is 6.07 Å². The SMILES string of the molecule is CO[n+]1ccc([N+](=O)[O-])c2c1CCC2. The smallest absolute Gasteiger partial charge is 0.274 e. The van der Waals surface area contributed by atoms with Crippen molar-refractivity contribution in [3.05, 3.63) is 33.6 Å². The van der Waals surface area contributed by atoms with Gasteiger partial charge in [-0.25, -0.2) is 0 Å². The van der Waals surface area contributed by atoms with Crippen molar-refractivity contribution in [3.8, 4) is 0 Å². The van der Waals surface area contributed by atoms with Crippen LogP contribution in [0.15, 0.2) is 12.3 Å². The second-order valence-electron chi connectivity index (χ2n) is 3.25. The summed E-state index contributed by atoms with van der Waals surface area (Å²) in [4.78, 5) is 15.5. The number of nitrogens with zero attached hydrogens (tertiary/aromatic N) is 2. The average molecular weight is 195 g/mol. The Kier molecular flexibility index (Phi) is 2.07. The number of aromatic nitrogens is 1. The Morgan fingerprint density at radius 3 is 3.00 bits per heavy atom. The zero-order chi connectivity index (χ0) is 10.1. The number of fused-ring (bicyclic) bond motifs is 1. The zero-order valence-electron chi connectivity index (χ0n) is 7.90. The highest BCUT2D eigenvalue weighted by molar-refractivity contribution is 5.42. The van der Waals surface area contributed by atoms with E-state index in [1.54, 1.807) is 18.0 Å². The van der Waals surface area contributed by atoms with Crippen LogP contribution >= 0.6 is 0 Å². The highest BCUT2D eigenvalue weighted by Crippen LogP contribution is 2.27. The van der Waals surface area contributed by atoms with Gasteiger partial charge in [0.25, 0.3) is 5.69 Å². The lowest BCUT2D eigenvalue weighted by molar-refractivity contribution is -0.890. The Bertz CT molecular complexity index is 390. The molecule has 0 saturated heterocycles. The maximum Gasteiger partial charge on any atom is 0.285 e. The highest BCUT2D eigenvalue weighted by Gasteiger charge is 2.31. The number of hydrogen-bond acceptors (Lipinski definition) is 3. The molecule has 0 unspecified atom stereocenters. The fraction of sp³-hybridized carbons (Fsp3) is 0.444. The predicted molar refractivity (Wildman–Crippen MR) is 47.8 cm³/mol. The molecule has 0 fully saturated rings. The first-order valence-electron chi connectivity index (χ1n) is 4.49. The van der Waals surface area contributed by atoms with Crippen LogP contribution in [0.5, 0.6) is 0 Å². The van der Waals surface area contributed by atoms with Crippen LogP contribution in [0.25, 0.3) is 0 Å². The van der Waals surface area contributed by atoms with Gasteiger partial charge in [0, 0.05) is 11.2 Å². The lowest BCUT2D eigenvalue weighted by Gasteiger charge is -1.98. The summed E-state index contributed by atoms with van der Waals surface area (Å²) in [5.41, 5.74) is 1.96. The summed E-state index contributed by atoms with van der Waals surface area (Å²) in [5.74, 6) is 0. The summed E-state index contributed by atoms with van der Waals surface area (Å²) in [5, 5.41) is 10.7. The topological polar surface area (TPSA) is 56.2 Å². The summed E-state index contributed by atoms with van der Waals surface area (Å²) in [6, 6.07) is 1.49. The fourth-order valence-electron chi connectivity index (χ4n) is 1.92. The number of hydrogen-bond donors (Lipinski definition) is 0. The van der Waals surface area contributed by atoms with Gasteiger partial charge in [0.15, 0.2) is 0 Å². The van der Waals surface area contributed by atoms with E-state index >= 15 is 0 Å². The molecule has 1 aromatic heterocycles. The van der Waals surface area contributed by atoms with Crippen molar-refractivity contribution in [2.24, 2.45) is 0 Å². The largest absolute Gasteiger partial charge is 0.285 e. The van der Waals surface area contributed by atoms with Gasteiger partial charge in [0.1, 0.15) is 12.7 Å². The van der Waals surface area contributed by atoms with Gasteiger partial charge >= 0.3 is 0 Å². The van der Waals surface area contributed by atoms with E-state index in [4.69, 9.17) is 4.84 Å². The van der Waals surface area contributed by atoms with E-state index in [9.17, 15) is 10.1 Å². The molecule has 2 rings (SSSR count). The third-order valence-corrected chi connectivity index (χ3v) is 2.53. The molecule has 0 radical (unpaired) electrons. The number of nitro groups is 1. The molecule has 1 heterocycles. The van der Waals surface area contributed by atoms with Gasteiger partial charge in [-0.05, 0) is 12.8 Å². The normalized spacial score (nSPS) is 13.8. The van der Waals surface area contributed by atoms with Crippen molar-refractivity contribution in [3.63, 3.8) is 0 Å². The van der Waals surface area contributed by atoms with Gasteiger partial charge in [-0.15, -0.1) is 0 Å². The molecule has 1 aromatic rings. The van der Waals surface area contributed by atoms with E-state index in [1.807, 2.05) is 0 Å². The zero-order valence-corrected chi connectivity index (χ0v) is 7.90. The second-order valence-corrected chi connectivity index (χ2v) is 3.25. The predicted octanol–water partition coefficient (Wildman–Crippen LogP) is 0.429. The summed E-state index contributed by atoms with van der Waals surface area (Å²) in [7, 11) is 1.56. The van der Waals surface area contributed by atoms with Gasteiger partial charge in [0.2, 0.25) is 11.9 Å². The Morgan fingerprint density at radius 1 is 1.57 bits per heavy atom. The minimum Gasteiger partial charge on any atom is -0.274 e. The molecule has 0 aromatic carbocycles. The minimum absolute atomic E-state index is 0.214. The first kappa shape index (κ1) is 8.93. The molecule has 1 aliphatic carbocycles. The summed E-state index contributed by atoms with van der Waals surface area (Å²) >= 11 is 0. The maximum atomic E-state index is 10.7. The lowest BCUT2D eigenvalue weighted by Crippen LogP contribution is -2.44. The van der Waals surface area contributed by atoms with Crippen molar-refractivity contribution >= 4 is 5.69 Å². The highest BCUT2D eigenvalue weighted by atomic mass is 16.6. The van der Waals surface area contributed by atoms with Gasteiger partial charge in [0.05, 0.1) is 11.0 Å². The third kappa shape index (κ3) is 1.21. The van der Waals surface area contributed by atoms with Crippen molar-refractivity contribution in [1.29, 1.82) is 0 Å². The van der Waals surface area contributed by atoms with E-state index < -0.39 is 0 Å². The molecule has 1 aliphatic rings. The van der Waals surface area contributed by atoms with E-state index in [-0.39, 0.29) is 10.6 Å². The Labute approximate surface area is 81.0 Å². The van der Waals surface area contributed by atoms with Crippen LogP contribution < -0.4 is 9.57 Å². The molecule has 0 amide bonds. The molecule has 14 heavy (non-hydrogen) atoms. The van der Waals surface area contributed by atoms with Crippen molar-refractivity contribution in [1.82, 2.24) is 0 Å². The van der Waals surface area contributed by atoms with Crippen LogP contribution in [0.1, 0.15) is 17.7 Å². The quantitative estimate of drug-likeness (QED) is 0.390. The summed E-state index contributed by atoms with van der Waals surface area (Å²) in [6.07, 6.45) is 4.19. The molecule has 0 saturated carbocycles. The molecule has 0 aliphatic heterocycles. The second kappa shape index (κ2) is 3.25. The maximum absolute atomic E-state index is 10.7. The Morgan fingerprint density at radius 2 is 2.36 bits per heavy atom. The van der Waals surface area contributed by atoms with Crippen LogP contribution in [0.4, 0.5) is 5.69 Å². The monoisotopic (exact) mass is 195 g/mol. The van der Waals surface area contributed by atoms with Gasteiger partial charge in [-0.2, -0.15) is 0 Å². The van der Waals surface area contributed by atoms with E-state index in [0.717, 1.165) is 30.5 Å². The van der Waals surface area contributed by atoms with Gasteiger partial charge in [-0.1, -0.05) is 0 Å². The van der Waals surface area contributed by atoms with E-state index in [2.05, 4.69) is 0 Å². The van der Waals surface area contributed by atoms with Crippen LogP contribution in [-0.2, 0) is 12.8 Å². The molecule has 5 nitrogen and oxygen atoms in total. The van der Waals surface area contributed by atoms with E-state index in [0.29, 0.717) is 0 Å². The Hall–Kier alpha value is -1.65. The fourth-order valence-corrected chi connectivity index (χ4v) is 1.92. The minimum atomic E-state index is -0.329. The first-order valence-corrected chi connectivity index (χ1v) is 4.49. The molecular weight excluding hydrogens is 184 g/mol. The Balaban J connectivity index is 2.58. The number of pyridine rings is 1. The van der Waals surface area contributed by atoms with Crippen LogP contribution in [-0.4, -0.2) is 12.0 Å². The van der Waals surface area contributed by atoms with Crippen molar-refractivity contribution in [2.45, 2.75) is 19.3 Å². The van der Waals surface area contributed by atoms with Crippen LogP contribution in [0.3, 0.4) is 0 Å². The molecule has 0 bridgehead atoms. The molecule has 0 spiro atoms. The number of rotatable bonds is 2. The molecule has 0 N–H and O–H groups in total. The standard InChI is InChI=1S/C9H11N2O3/c1-14-10-6-5-9(11(12)13)7-3-2-4-8(7)10/h5-6H,2-4H2,1H3/q+1. The van der Waals surface area contributed by atoms with Crippen molar-refractivity contribution < 1.29 is 14.5 Å². The van der Waals surface area contributed by atoms with Crippen LogP contribution in [0, 0.1) is 10.1 Å². The lowest BCUT2D eigenvalue weighted by atomic mass is 10.2. The molecule has 0 atom stereocenters. The molecule has 5 heteroatoms. The summed E-state index contributed by atoms with van der Waals surface area (Å²) < 4.78 is 1.61. The first-order chi connectivity index (χ1) is 6.74. The molecule has 74 valence electrons.